The van der Waals surface area contributed by atoms with Crippen LogP contribution >= 0.6 is 11.8 Å². The Kier molecular flexibility index (Phi) is 6.25. The number of rotatable bonds is 5. The number of likely N-dealkylation sites (tertiary alicyclic amines) is 1. The summed E-state index contributed by atoms with van der Waals surface area (Å²) in [5.74, 6) is 1.31. The van der Waals surface area contributed by atoms with Crippen LogP contribution in [0, 0.1) is 12.8 Å². The lowest BCUT2D eigenvalue weighted by Crippen LogP contribution is -2.47. The molecule has 6 heteroatoms. The molecule has 0 N–H and O–H groups in total. The average molecular weight is 387 g/mol. The number of amides is 1. The topological polar surface area (TPSA) is 51.0 Å². The Labute approximate surface area is 166 Å². The Hall–Kier alpha value is -1.82. The maximum Gasteiger partial charge on any atom is 0.236 e. The molecule has 1 aromatic heterocycles. The number of piperidine rings is 1. The standard InChI is InChI=1S/C21H30N4OS/c1-14(2)18(20(26)25-12-7-6-10-16(25)4)27-21-23-22-19(24(21)5)17-11-8-9-15(3)13-17/h8-9,11,13-14,16,18H,6-7,10,12H2,1-5H3. The minimum absolute atomic E-state index is 0.140. The quantitative estimate of drug-likeness (QED) is 0.719. The van der Waals surface area contributed by atoms with E-state index in [0.29, 0.717) is 6.04 Å². The summed E-state index contributed by atoms with van der Waals surface area (Å²) in [4.78, 5) is 15.3. The molecule has 1 aliphatic heterocycles. The molecule has 1 aliphatic rings. The van der Waals surface area contributed by atoms with Gasteiger partial charge >= 0.3 is 0 Å². The summed E-state index contributed by atoms with van der Waals surface area (Å²) < 4.78 is 2.00. The highest BCUT2D eigenvalue weighted by Gasteiger charge is 2.33. The third-order valence-electron chi connectivity index (χ3n) is 5.28. The first-order valence-corrected chi connectivity index (χ1v) is 10.7. The van der Waals surface area contributed by atoms with Crippen molar-refractivity contribution in [3.8, 4) is 11.4 Å². The molecular weight excluding hydrogens is 356 g/mol. The van der Waals surface area contributed by atoms with Crippen LogP contribution in [-0.4, -0.2) is 43.4 Å². The van der Waals surface area contributed by atoms with Gasteiger partial charge in [-0.1, -0.05) is 49.4 Å². The van der Waals surface area contributed by atoms with Crippen LogP contribution in [0.1, 0.15) is 45.6 Å². The van der Waals surface area contributed by atoms with Crippen molar-refractivity contribution in [2.75, 3.05) is 6.54 Å². The van der Waals surface area contributed by atoms with Gasteiger partial charge in [-0.05, 0) is 45.1 Å². The van der Waals surface area contributed by atoms with E-state index in [4.69, 9.17) is 0 Å². The zero-order chi connectivity index (χ0) is 19.6. The molecule has 27 heavy (non-hydrogen) atoms. The fourth-order valence-corrected chi connectivity index (χ4v) is 4.70. The van der Waals surface area contributed by atoms with Crippen LogP contribution < -0.4 is 0 Å². The van der Waals surface area contributed by atoms with Gasteiger partial charge in [-0.25, -0.2) is 0 Å². The summed E-state index contributed by atoms with van der Waals surface area (Å²) in [7, 11) is 1.98. The monoisotopic (exact) mass is 386 g/mol. The van der Waals surface area contributed by atoms with Crippen LogP contribution in [0.2, 0.25) is 0 Å². The summed E-state index contributed by atoms with van der Waals surface area (Å²) in [5.41, 5.74) is 2.24. The highest BCUT2D eigenvalue weighted by Crippen LogP contribution is 2.32. The van der Waals surface area contributed by atoms with Crippen molar-refractivity contribution in [3.05, 3.63) is 29.8 Å². The molecule has 5 nitrogen and oxygen atoms in total. The number of thioether (sulfide) groups is 1. The van der Waals surface area contributed by atoms with E-state index in [0.717, 1.165) is 35.9 Å². The number of benzene rings is 1. The van der Waals surface area contributed by atoms with E-state index in [1.54, 1.807) is 11.8 Å². The zero-order valence-corrected chi connectivity index (χ0v) is 17.8. The van der Waals surface area contributed by atoms with Gasteiger partial charge in [0, 0.05) is 25.2 Å². The number of aromatic nitrogens is 3. The molecule has 2 atom stereocenters. The first kappa shape index (κ1) is 19.9. The number of hydrogen-bond acceptors (Lipinski definition) is 4. The maximum atomic E-state index is 13.2. The summed E-state index contributed by atoms with van der Waals surface area (Å²) in [6, 6.07) is 8.59. The van der Waals surface area contributed by atoms with Crippen molar-refractivity contribution >= 4 is 17.7 Å². The normalized spacial score (nSPS) is 18.7. The SMILES string of the molecule is Cc1cccc(-c2nnc(SC(C(=O)N3CCCCC3C)C(C)C)n2C)c1. The minimum atomic E-state index is -0.140. The number of carbonyl (C=O) groups excluding carboxylic acids is 1. The van der Waals surface area contributed by atoms with Gasteiger partial charge in [0.2, 0.25) is 5.91 Å². The second-order valence-corrected chi connectivity index (χ2v) is 9.00. The molecule has 0 aliphatic carbocycles. The highest BCUT2D eigenvalue weighted by atomic mass is 32.2. The zero-order valence-electron chi connectivity index (χ0n) is 17.0. The smallest absolute Gasteiger partial charge is 0.236 e. The molecule has 1 saturated heterocycles. The first-order valence-electron chi connectivity index (χ1n) is 9.82. The molecular formula is C21H30N4OS. The predicted molar refractivity (Wildman–Crippen MR) is 111 cm³/mol. The van der Waals surface area contributed by atoms with Gasteiger partial charge in [0.25, 0.3) is 0 Å². The summed E-state index contributed by atoms with van der Waals surface area (Å²) >= 11 is 1.55. The van der Waals surface area contributed by atoms with Crippen molar-refractivity contribution < 1.29 is 4.79 Å². The molecule has 1 aromatic carbocycles. The van der Waals surface area contributed by atoms with Gasteiger partial charge in [0.05, 0.1) is 5.25 Å². The Balaban J connectivity index is 1.82. The fraction of sp³-hybridized carbons (Fsp3) is 0.571. The Morgan fingerprint density at radius 1 is 1.26 bits per heavy atom. The molecule has 2 unspecified atom stereocenters. The van der Waals surface area contributed by atoms with Crippen LogP contribution in [0.15, 0.2) is 29.4 Å². The third kappa shape index (κ3) is 4.37. The van der Waals surface area contributed by atoms with E-state index in [-0.39, 0.29) is 17.1 Å². The number of carbonyl (C=O) groups is 1. The van der Waals surface area contributed by atoms with Crippen LogP contribution in [-0.2, 0) is 11.8 Å². The predicted octanol–water partition coefficient (Wildman–Crippen LogP) is 4.31. The van der Waals surface area contributed by atoms with Crippen molar-refractivity contribution in [1.82, 2.24) is 19.7 Å². The third-order valence-corrected chi connectivity index (χ3v) is 6.84. The lowest BCUT2D eigenvalue weighted by molar-refractivity contribution is -0.134. The molecule has 1 amide bonds. The molecule has 0 spiro atoms. The molecule has 0 bridgehead atoms. The van der Waals surface area contributed by atoms with E-state index in [9.17, 15) is 4.79 Å². The summed E-state index contributed by atoms with van der Waals surface area (Å²) in [6.45, 7) is 9.33. The van der Waals surface area contributed by atoms with Crippen LogP contribution in [0.5, 0.6) is 0 Å². The van der Waals surface area contributed by atoms with E-state index in [1.165, 1.54) is 12.0 Å². The second kappa shape index (κ2) is 8.46. The van der Waals surface area contributed by atoms with E-state index in [1.807, 2.05) is 23.7 Å². The number of nitrogens with zero attached hydrogens (tertiary/aromatic N) is 4. The lowest BCUT2D eigenvalue weighted by atomic mass is 10.0. The van der Waals surface area contributed by atoms with Gasteiger partial charge < -0.3 is 9.47 Å². The van der Waals surface area contributed by atoms with Crippen molar-refractivity contribution in [2.45, 2.75) is 63.4 Å². The lowest BCUT2D eigenvalue weighted by Gasteiger charge is -2.36. The van der Waals surface area contributed by atoms with Gasteiger partial charge in [0.15, 0.2) is 11.0 Å². The van der Waals surface area contributed by atoms with Gasteiger partial charge in [-0.2, -0.15) is 0 Å². The van der Waals surface area contributed by atoms with Crippen molar-refractivity contribution in [3.63, 3.8) is 0 Å². The van der Waals surface area contributed by atoms with Crippen LogP contribution in [0.3, 0.4) is 0 Å². The van der Waals surface area contributed by atoms with Crippen LogP contribution in [0.25, 0.3) is 11.4 Å². The number of hydrogen-bond donors (Lipinski definition) is 0. The Morgan fingerprint density at radius 3 is 2.70 bits per heavy atom. The fourth-order valence-electron chi connectivity index (χ4n) is 3.63. The Bertz CT molecular complexity index is 801. The maximum absolute atomic E-state index is 13.2. The van der Waals surface area contributed by atoms with E-state index < -0.39 is 0 Å². The molecule has 2 aromatic rings. The number of aryl methyl sites for hydroxylation is 1. The summed E-state index contributed by atoms with van der Waals surface area (Å²) in [6.07, 6.45) is 3.42. The van der Waals surface area contributed by atoms with Crippen molar-refractivity contribution in [2.24, 2.45) is 13.0 Å². The molecule has 1 fully saturated rings. The van der Waals surface area contributed by atoms with Gasteiger partial charge in [-0.3, -0.25) is 4.79 Å². The molecule has 2 heterocycles. The van der Waals surface area contributed by atoms with Crippen LogP contribution in [0.4, 0.5) is 0 Å². The summed E-state index contributed by atoms with van der Waals surface area (Å²) in [5, 5.41) is 9.44. The molecule has 0 saturated carbocycles. The van der Waals surface area contributed by atoms with Gasteiger partial charge in [0.1, 0.15) is 0 Å². The first-order chi connectivity index (χ1) is 12.9. The second-order valence-electron chi connectivity index (χ2n) is 7.89. The molecule has 3 rings (SSSR count). The molecule has 146 valence electrons. The molecule has 0 radical (unpaired) electrons. The van der Waals surface area contributed by atoms with E-state index in [2.05, 4.69) is 54.9 Å². The van der Waals surface area contributed by atoms with E-state index >= 15 is 0 Å². The van der Waals surface area contributed by atoms with Gasteiger partial charge in [-0.15, -0.1) is 10.2 Å². The largest absolute Gasteiger partial charge is 0.339 e. The minimum Gasteiger partial charge on any atom is -0.339 e. The Morgan fingerprint density at radius 2 is 2.04 bits per heavy atom. The average Bonchev–Trinajstić information content (AvgIpc) is 3.00. The van der Waals surface area contributed by atoms with Crippen molar-refractivity contribution in [1.29, 1.82) is 0 Å². The highest BCUT2D eigenvalue weighted by molar-refractivity contribution is 8.00.